The molecule has 0 unspecified atom stereocenters. The van der Waals surface area contributed by atoms with E-state index in [2.05, 4.69) is 5.32 Å². The normalized spacial score (nSPS) is 15.3. The van der Waals surface area contributed by atoms with Crippen LogP contribution in [0.2, 0.25) is 0 Å². The van der Waals surface area contributed by atoms with Gasteiger partial charge in [-0.25, -0.2) is 13.2 Å². The molecule has 1 N–H and O–H groups in total. The van der Waals surface area contributed by atoms with E-state index in [-0.39, 0.29) is 10.5 Å². The minimum absolute atomic E-state index is 0.120. The molecule has 1 amide bonds. The number of sulfonamides is 1. The van der Waals surface area contributed by atoms with Crippen molar-refractivity contribution < 1.29 is 22.7 Å². The van der Waals surface area contributed by atoms with Gasteiger partial charge in [0.05, 0.1) is 17.6 Å². The lowest BCUT2D eigenvalue weighted by molar-refractivity contribution is 0.0600. The first-order valence-electron chi connectivity index (χ1n) is 9.93. The molecule has 2 aromatic carbocycles. The van der Waals surface area contributed by atoms with E-state index in [4.69, 9.17) is 4.74 Å². The van der Waals surface area contributed by atoms with Gasteiger partial charge in [0.25, 0.3) is 5.91 Å². The second-order valence-electron chi connectivity index (χ2n) is 7.32. The molecular formula is C22H26N2O5S. The zero-order chi connectivity index (χ0) is 21.7. The second kappa shape index (κ2) is 9.40. The van der Waals surface area contributed by atoms with Gasteiger partial charge in [0.2, 0.25) is 10.0 Å². The van der Waals surface area contributed by atoms with E-state index in [0.717, 1.165) is 25.7 Å². The number of carbonyl (C=O) groups is 2. The van der Waals surface area contributed by atoms with Crippen molar-refractivity contribution in [2.45, 2.75) is 37.5 Å². The minimum atomic E-state index is -3.64. The van der Waals surface area contributed by atoms with Gasteiger partial charge in [0.1, 0.15) is 0 Å². The predicted molar refractivity (Wildman–Crippen MR) is 114 cm³/mol. The lowest BCUT2D eigenvalue weighted by Gasteiger charge is -2.20. The Kier molecular flexibility index (Phi) is 6.89. The largest absolute Gasteiger partial charge is 0.465 e. The highest BCUT2D eigenvalue weighted by atomic mass is 32.2. The summed E-state index contributed by atoms with van der Waals surface area (Å²) < 4.78 is 32.2. The van der Waals surface area contributed by atoms with E-state index in [9.17, 15) is 18.0 Å². The summed E-state index contributed by atoms with van der Waals surface area (Å²) in [5.74, 6) is -0.876. The maximum Gasteiger partial charge on any atom is 0.337 e. The van der Waals surface area contributed by atoms with Crippen LogP contribution >= 0.6 is 0 Å². The van der Waals surface area contributed by atoms with Crippen molar-refractivity contribution in [2.24, 2.45) is 0 Å². The Hall–Kier alpha value is -2.71. The number of nitrogens with zero attached hydrogens (tertiary/aromatic N) is 1. The molecule has 2 aromatic rings. The number of anilines is 1. The first-order chi connectivity index (χ1) is 14.3. The first kappa shape index (κ1) is 22.0. The molecule has 160 valence electrons. The van der Waals surface area contributed by atoms with Gasteiger partial charge in [0, 0.05) is 24.3 Å². The average molecular weight is 431 g/mol. The Labute approximate surface area is 177 Å². The summed E-state index contributed by atoms with van der Waals surface area (Å²) in [5, 5.41) is 2.78. The van der Waals surface area contributed by atoms with E-state index in [1.54, 1.807) is 37.3 Å². The summed E-state index contributed by atoms with van der Waals surface area (Å²) in [6.07, 6.45) is 3.76. The second-order valence-corrected chi connectivity index (χ2v) is 9.26. The number of carbonyl (C=O) groups excluding carboxylic acids is 2. The van der Waals surface area contributed by atoms with Crippen molar-refractivity contribution in [1.29, 1.82) is 0 Å². The molecule has 1 heterocycles. The molecule has 3 rings (SSSR count). The monoisotopic (exact) mass is 430 g/mol. The number of esters is 1. The molecule has 1 aliphatic rings. The van der Waals surface area contributed by atoms with Gasteiger partial charge in [-0.1, -0.05) is 18.9 Å². The van der Waals surface area contributed by atoms with E-state index in [1.807, 2.05) is 0 Å². The highest BCUT2D eigenvalue weighted by Crippen LogP contribution is 2.22. The Morgan fingerprint density at radius 1 is 0.967 bits per heavy atom. The van der Waals surface area contributed by atoms with Gasteiger partial charge in [-0.3, -0.25) is 4.79 Å². The van der Waals surface area contributed by atoms with Crippen molar-refractivity contribution in [3.05, 3.63) is 59.2 Å². The van der Waals surface area contributed by atoms with Gasteiger partial charge in [-0.2, -0.15) is 4.31 Å². The fourth-order valence-corrected chi connectivity index (χ4v) is 5.04. The standard InChI is InChI=1S/C22H26N2O5S/c1-16-14-18(22(26)29-2)10-11-20(16)23-21(25)17-8-7-9-19(15-17)30(27,28)24-12-5-3-4-6-13-24/h7-11,14-15H,3-6,12-13H2,1-2H3,(H,23,25). The molecule has 1 fully saturated rings. The van der Waals surface area contributed by atoms with E-state index >= 15 is 0 Å². The maximum atomic E-state index is 13.0. The van der Waals surface area contributed by atoms with Crippen molar-refractivity contribution in [3.63, 3.8) is 0 Å². The third kappa shape index (κ3) is 4.88. The molecular weight excluding hydrogens is 404 g/mol. The Morgan fingerprint density at radius 2 is 1.67 bits per heavy atom. The number of nitrogens with one attached hydrogen (secondary N) is 1. The average Bonchev–Trinajstić information content (AvgIpc) is 3.05. The molecule has 1 saturated heterocycles. The molecule has 7 nitrogen and oxygen atoms in total. The summed E-state index contributed by atoms with van der Waals surface area (Å²) in [4.78, 5) is 24.5. The SMILES string of the molecule is COC(=O)c1ccc(NC(=O)c2cccc(S(=O)(=O)N3CCCCCC3)c2)c(C)c1. The minimum Gasteiger partial charge on any atom is -0.465 e. The van der Waals surface area contributed by atoms with Crippen LogP contribution in [0.15, 0.2) is 47.4 Å². The summed E-state index contributed by atoms with van der Waals surface area (Å²) >= 11 is 0. The van der Waals surface area contributed by atoms with Gasteiger partial charge >= 0.3 is 5.97 Å². The van der Waals surface area contributed by atoms with E-state index in [0.29, 0.717) is 29.9 Å². The van der Waals surface area contributed by atoms with Gasteiger partial charge in [-0.15, -0.1) is 0 Å². The third-order valence-electron chi connectivity index (χ3n) is 5.19. The van der Waals surface area contributed by atoms with Crippen molar-refractivity contribution in [1.82, 2.24) is 4.31 Å². The van der Waals surface area contributed by atoms with Gasteiger partial charge < -0.3 is 10.1 Å². The van der Waals surface area contributed by atoms with Crippen LogP contribution in [0.1, 0.15) is 52.0 Å². The summed E-state index contributed by atoms with van der Waals surface area (Å²) in [6.45, 7) is 2.78. The molecule has 0 aromatic heterocycles. The highest BCUT2D eigenvalue weighted by Gasteiger charge is 2.26. The fourth-order valence-electron chi connectivity index (χ4n) is 3.47. The fraction of sp³-hybridized carbons (Fsp3) is 0.364. The van der Waals surface area contributed by atoms with Crippen LogP contribution in [-0.4, -0.2) is 44.8 Å². The zero-order valence-electron chi connectivity index (χ0n) is 17.2. The molecule has 0 aliphatic carbocycles. The van der Waals surface area contributed by atoms with Crippen LogP contribution in [-0.2, 0) is 14.8 Å². The van der Waals surface area contributed by atoms with E-state index < -0.39 is 21.9 Å². The van der Waals surface area contributed by atoms with Crippen molar-refractivity contribution >= 4 is 27.6 Å². The molecule has 1 aliphatic heterocycles. The van der Waals surface area contributed by atoms with Gasteiger partial charge in [0.15, 0.2) is 0 Å². The molecule has 0 saturated carbocycles. The lowest BCUT2D eigenvalue weighted by Crippen LogP contribution is -2.32. The van der Waals surface area contributed by atoms with Crippen LogP contribution in [0.4, 0.5) is 5.69 Å². The van der Waals surface area contributed by atoms with Crippen LogP contribution in [0, 0.1) is 6.92 Å². The van der Waals surface area contributed by atoms with Crippen LogP contribution < -0.4 is 5.32 Å². The maximum absolute atomic E-state index is 13.0. The Morgan fingerprint density at radius 3 is 2.30 bits per heavy atom. The molecule has 0 radical (unpaired) electrons. The number of benzene rings is 2. The number of hydrogen-bond donors (Lipinski definition) is 1. The molecule has 0 spiro atoms. The Balaban J connectivity index is 1.80. The lowest BCUT2D eigenvalue weighted by atomic mass is 10.1. The smallest absolute Gasteiger partial charge is 0.337 e. The Bertz CT molecular complexity index is 1040. The molecule has 0 atom stereocenters. The quantitative estimate of drug-likeness (QED) is 0.732. The van der Waals surface area contributed by atoms with Crippen molar-refractivity contribution in [2.75, 3.05) is 25.5 Å². The molecule has 8 heteroatoms. The summed E-state index contributed by atoms with van der Waals surface area (Å²) in [7, 11) is -2.33. The van der Waals surface area contributed by atoms with Crippen LogP contribution in [0.5, 0.6) is 0 Å². The summed E-state index contributed by atoms with van der Waals surface area (Å²) in [6, 6.07) is 10.9. The number of methoxy groups -OCH3 is 1. The molecule has 30 heavy (non-hydrogen) atoms. The first-order valence-corrected chi connectivity index (χ1v) is 11.4. The predicted octanol–water partition coefficient (Wildman–Crippen LogP) is 3.60. The molecule has 0 bridgehead atoms. The number of amides is 1. The van der Waals surface area contributed by atoms with Crippen LogP contribution in [0.25, 0.3) is 0 Å². The number of rotatable bonds is 5. The van der Waals surface area contributed by atoms with Crippen molar-refractivity contribution in [3.8, 4) is 0 Å². The van der Waals surface area contributed by atoms with E-state index in [1.165, 1.54) is 23.5 Å². The number of ether oxygens (including phenoxy) is 1. The topological polar surface area (TPSA) is 92.8 Å². The third-order valence-corrected chi connectivity index (χ3v) is 7.09. The number of aryl methyl sites for hydroxylation is 1. The summed E-state index contributed by atoms with van der Waals surface area (Å²) in [5.41, 5.74) is 1.87. The van der Waals surface area contributed by atoms with Gasteiger partial charge in [-0.05, 0) is 61.7 Å². The zero-order valence-corrected chi connectivity index (χ0v) is 18.0. The highest BCUT2D eigenvalue weighted by molar-refractivity contribution is 7.89. The number of hydrogen-bond acceptors (Lipinski definition) is 5. The van der Waals surface area contributed by atoms with Crippen LogP contribution in [0.3, 0.4) is 0 Å².